The second-order valence-corrected chi connectivity index (χ2v) is 4.09. The molecule has 100 valence electrons. The van der Waals surface area contributed by atoms with Crippen LogP contribution in [0.1, 0.15) is 13.2 Å². The molecule has 0 saturated carbocycles. The maximum atomic E-state index is 13.5. The first-order valence-electron chi connectivity index (χ1n) is 5.43. The first-order chi connectivity index (χ1) is 8.45. The third kappa shape index (κ3) is 1.98. The largest absolute Gasteiger partial charge is 0.388 e. The number of hydrogen-bond acceptors (Lipinski definition) is 6. The predicted molar refractivity (Wildman–Crippen MR) is 59.6 cm³/mol. The van der Waals surface area contributed by atoms with Crippen molar-refractivity contribution in [3.8, 4) is 0 Å². The molecule has 1 aromatic rings. The number of rotatable bonds is 2. The number of hydrogen-bond donors (Lipinski definition) is 3. The summed E-state index contributed by atoms with van der Waals surface area (Å²) in [7, 11) is 1.43. The molecule has 7 nitrogen and oxygen atoms in total. The highest BCUT2D eigenvalue weighted by atomic mass is 19.1. The first-order valence-corrected chi connectivity index (χ1v) is 5.43. The lowest BCUT2D eigenvalue weighted by Crippen LogP contribution is -2.35. The van der Waals surface area contributed by atoms with Gasteiger partial charge in [-0.3, -0.25) is 4.57 Å². The average molecular weight is 259 g/mol. The van der Waals surface area contributed by atoms with E-state index in [1.54, 1.807) is 6.92 Å². The van der Waals surface area contributed by atoms with E-state index in [0.29, 0.717) is 0 Å². The molecule has 1 aliphatic rings. The third-order valence-electron chi connectivity index (χ3n) is 2.90. The summed E-state index contributed by atoms with van der Waals surface area (Å²) >= 11 is 0. The first kappa shape index (κ1) is 12.9. The molecule has 0 bridgehead atoms. The third-order valence-corrected chi connectivity index (χ3v) is 2.90. The van der Waals surface area contributed by atoms with Crippen LogP contribution in [0.5, 0.6) is 0 Å². The fourth-order valence-electron chi connectivity index (χ4n) is 1.86. The van der Waals surface area contributed by atoms with Gasteiger partial charge in [0, 0.05) is 7.05 Å². The SMILES string of the molecule is CNc1nc(=O)n([C@@H]2O[C@H](C)[C@@H](O)[C@H]2O)cc1F. The van der Waals surface area contributed by atoms with Gasteiger partial charge < -0.3 is 20.3 Å². The van der Waals surface area contributed by atoms with Crippen molar-refractivity contribution in [3.63, 3.8) is 0 Å². The van der Waals surface area contributed by atoms with E-state index in [1.165, 1.54) is 7.05 Å². The molecule has 8 heteroatoms. The van der Waals surface area contributed by atoms with E-state index < -0.39 is 36.0 Å². The molecule has 2 heterocycles. The van der Waals surface area contributed by atoms with Gasteiger partial charge in [-0.15, -0.1) is 0 Å². The van der Waals surface area contributed by atoms with Crippen LogP contribution in [0.3, 0.4) is 0 Å². The lowest BCUT2D eigenvalue weighted by atomic mass is 10.1. The van der Waals surface area contributed by atoms with Crippen LogP contribution in [0.2, 0.25) is 0 Å². The Hall–Kier alpha value is -1.51. The monoisotopic (exact) mass is 259 g/mol. The second-order valence-electron chi connectivity index (χ2n) is 4.09. The average Bonchev–Trinajstić information content (AvgIpc) is 2.59. The van der Waals surface area contributed by atoms with Crippen molar-refractivity contribution in [1.82, 2.24) is 9.55 Å². The van der Waals surface area contributed by atoms with Gasteiger partial charge in [0.25, 0.3) is 0 Å². The smallest absolute Gasteiger partial charge is 0.351 e. The molecule has 0 aromatic carbocycles. The van der Waals surface area contributed by atoms with Gasteiger partial charge in [-0.1, -0.05) is 0 Å². The Morgan fingerprint density at radius 1 is 1.50 bits per heavy atom. The molecule has 1 saturated heterocycles. The van der Waals surface area contributed by atoms with Gasteiger partial charge >= 0.3 is 5.69 Å². The van der Waals surface area contributed by atoms with Crippen molar-refractivity contribution in [2.45, 2.75) is 31.5 Å². The summed E-state index contributed by atoms with van der Waals surface area (Å²) in [6.45, 7) is 1.55. The van der Waals surface area contributed by atoms with Crippen LogP contribution >= 0.6 is 0 Å². The molecule has 4 atom stereocenters. The van der Waals surface area contributed by atoms with Gasteiger partial charge in [-0.2, -0.15) is 4.98 Å². The second kappa shape index (κ2) is 4.63. The van der Waals surface area contributed by atoms with Crippen molar-refractivity contribution >= 4 is 5.82 Å². The Morgan fingerprint density at radius 2 is 2.17 bits per heavy atom. The predicted octanol–water partition coefficient (Wildman–Crippen LogP) is -0.937. The highest BCUT2D eigenvalue weighted by Gasteiger charge is 2.42. The zero-order valence-corrected chi connectivity index (χ0v) is 9.87. The van der Waals surface area contributed by atoms with Crippen LogP contribution in [0.4, 0.5) is 10.2 Å². The normalized spacial score (nSPS) is 31.6. The van der Waals surface area contributed by atoms with Gasteiger partial charge in [0.15, 0.2) is 17.9 Å². The number of aliphatic hydroxyl groups excluding tert-OH is 2. The molecule has 18 heavy (non-hydrogen) atoms. The summed E-state index contributed by atoms with van der Waals surface area (Å²) in [5, 5.41) is 21.7. The number of nitrogens with one attached hydrogen (secondary N) is 1. The van der Waals surface area contributed by atoms with Gasteiger partial charge in [-0.25, -0.2) is 9.18 Å². The van der Waals surface area contributed by atoms with E-state index in [2.05, 4.69) is 10.3 Å². The molecule has 0 radical (unpaired) electrons. The molecule has 0 aliphatic carbocycles. The van der Waals surface area contributed by atoms with Crippen LogP contribution in [0, 0.1) is 5.82 Å². The molecule has 0 spiro atoms. The number of halogens is 1. The number of nitrogens with zero attached hydrogens (tertiary/aromatic N) is 2. The van der Waals surface area contributed by atoms with Crippen molar-refractivity contribution in [3.05, 3.63) is 22.5 Å². The van der Waals surface area contributed by atoms with E-state index in [9.17, 15) is 19.4 Å². The minimum absolute atomic E-state index is 0.183. The fourth-order valence-corrected chi connectivity index (χ4v) is 1.86. The Labute approximate surface area is 102 Å². The Morgan fingerprint density at radius 3 is 2.67 bits per heavy atom. The van der Waals surface area contributed by atoms with Crippen molar-refractivity contribution in [2.75, 3.05) is 12.4 Å². The van der Waals surface area contributed by atoms with E-state index in [-0.39, 0.29) is 5.82 Å². The lowest BCUT2D eigenvalue weighted by molar-refractivity contribution is -0.0355. The van der Waals surface area contributed by atoms with E-state index >= 15 is 0 Å². The van der Waals surface area contributed by atoms with E-state index in [1.807, 2.05) is 0 Å². The molecule has 0 unspecified atom stereocenters. The van der Waals surface area contributed by atoms with Gasteiger partial charge in [0.2, 0.25) is 0 Å². The minimum atomic E-state index is -1.31. The van der Waals surface area contributed by atoms with Crippen molar-refractivity contribution in [1.29, 1.82) is 0 Å². The molecule has 0 amide bonds. The molecule has 2 rings (SSSR count). The molecule has 1 aliphatic heterocycles. The molecular weight excluding hydrogens is 245 g/mol. The topological polar surface area (TPSA) is 96.6 Å². The Bertz CT molecular complexity index is 506. The zero-order valence-electron chi connectivity index (χ0n) is 9.87. The molecule has 1 fully saturated rings. The van der Waals surface area contributed by atoms with Crippen molar-refractivity contribution in [2.24, 2.45) is 0 Å². The van der Waals surface area contributed by atoms with Gasteiger partial charge in [-0.05, 0) is 6.92 Å². The summed E-state index contributed by atoms with van der Waals surface area (Å²) in [4.78, 5) is 15.1. The summed E-state index contributed by atoms with van der Waals surface area (Å²) in [5.74, 6) is -0.931. The van der Waals surface area contributed by atoms with Gasteiger partial charge in [0.1, 0.15) is 12.2 Å². The van der Waals surface area contributed by atoms with Gasteiger partial charge in [0.05, 0.1) is 12.3 Å². The molecule has 1 aromatic heterocycles. The van der Waals surface area contributed by atoms with Crippen LogP contribution < -0.4 is 11.0 Å². The number of aromatic nitrogens is 2. The molecule has 3 N–H and O–H groups in total. The molecular formula is C10H14FN3O4. The fraction of sp³-hybridized carbons (Fsp3) is 0.600. The summed E-state index contributed by atoms with van der Waals surface area (Å²) in [5.41, 5.74) is -0.772. The highest BCUT2D eigenvalue weighted by molar-refractivity contribution is 5.32. The Kier molecular flexibility index (Phi) is 3.33. The standard InChI is InChI=1S/C10H14FN3O4/c1-4-6(15)7(16)9(18-4)14-3-5(11)8(12-2)13-10(14)17/h3-4,6-7,9,15-16H,1-2H3,(H,12,13,17)/t4-,6-,7-,9-/m1/s1. The zero-order chi connectivity index (χ0) is 13.4. The highest BCUT2D eigenvalue weighted by Crippen LogP contribution is 2.28. The van der Waals surface area contributed by atoms with Crippen LogP contribution in [0.25, 0.3) is 0 Å². The van der Waals surface area contributed by atoms with Crippen LogP contribution in [0.15, 0.2) is 11.0 Å². The number of ether oxygens (including phenoxy) is 1. The van der Waals surface area contributed by atoms with Crippen LogP contribution in [-0.2, 0) is 4.74 Å². The number of anilines is 1. The summed E-state index contributed by atoms with van der Waals surface area (Å²) in [6.07, 6.45) is -3.34. The summed E-state index contributed by atoms with van der Waals surface area (Å²) < 4.78 is 19.6. The maximum absolute atomic E-state index is 13.5. The maximum Gasteiger partial charge on any atom is 0.351 e. The number of aliphatic hydroxyl groups is 2. The summed E-state index contributed by atoms with van der Waals surface area (Å²) in [6, 6.07) is 0. The van der Waals surface area contributed by atoms with Crippen molar-refractivity contribution < 1.29 is 19.3 Å². The quantitative estimate of drug-likeness (QED) is 0.634. The minimum Gasteiger partial charge on any atom is -0.388 e. The van der Waals surface area contributed by atoms with E-state index in [0.717, 1.165) is 10.8 Å². The Balaban J connectivity index is 2.41. The van der Waals surface area contributed by atoms with Crippen LogP contribution in [-0.4, -0.2) is 45.1 Å². The van der Waals surface area contributed by atoms with E-state index in [4.69, 9.17) is 4.74 Å². The lowest BCUT2D eigenvalue weighted by Gasteiger charge is -2.17.